The number of benzene rings is 1. The number of hydrogen-bond acceptors (Lipinski definition) is 3. The van der Waals surface area contributed by atoms with Crippen LogP contribution in [0.5, 0.6) is 0 Å². The number of hydrogen-bond donors (Lipinski definition) is 2. The van der Waals surface area contributed by atoms with Gasteiger partial charge in [0.2, 0.25) is 0 Å². The smallest absolute Gasteiger partial charge is 0.133 e. The molecule has 1 aromatic carbocycles. The van der Waals surface area contributed by atoms with Gasteiger partial charge in [-0.1, -0.05) is 0 Å². The van der Waals surface area contributed by atoms with Gasteiger partial charge in [0.1, 0.15) is 11.6 Å². The van der Waals surface area contributed by atoms with Gasteiger partial charge in [0, 0.05) is 29.7 Å². The number of nitrogens with two attached hydrogens (primary N) is 1. The van der Waals surface area contributed by atoms with Crippen molar-refractivity contribution in [1.82, 2.24) is 4.98 Å². The number of pyridine rings is 1. The fraction of sp³-hybridized carbons (Fsp3) is 0.100. The molecule has 3 N–H and O–H groups in total. The molecule has 0 amide bonds. The zero-order valence-corrected chi connectivity index (χ0v) is 7.71. The molecule has 0 radical (unpaired) electrons. The molecule has 0 aliphatic rings. The molecule has 2 aromatic rings. The molecule has 0 saturated heterocycles. The Labute approximate surface area is 80.8 Å². The van der Waals surface area contributed by atoms with Crippen molar-refractivity contribution in [3.8, 4) is 0 Å². The summed E-state index contributed by atoms with van der Waals surface area (Å²) in [6.07, 6.45) is 1.64. The van der Waals surface area contributed by atoms with Crippen molar-refractivity contribution in [1.29, 1.82) is 0 Å². The van der Waals surface area contributed by atoms with E-state index in [0.29, 0.717) is 16.9 Å². The Kier molecular flexibility index (Phi) is 1.96. The molecule has 4 heteroatoms. The van der Waals surface area contributed by atoms with E-state index in [2.05, 4.69) is 10.3 Å². The Balaban J connectivity index is 2.86. The molecule has 0 unspecified atom stereocenters. The third-order valence-electron chi connectivity index (χ3n) is 2.11. The summed E-state index contributed by atoms with van der Waals surface area (Å²) < 4.78 is 13.1. The van der Waals surface area contributed by atoms with Crippen molar-refractivity contribution in [3.05, 3.63) is 30.2 Å². The van der Waals surface area contributed by atoms with E-state index in [1.54, 1.807) is 19.3 Å². The molecule has 3 nitrogen and oxygen atoms in total. The maximum atomic E-state index is 13.1. The van der Waals surface area contributed by atoms with Crippen LogP contribution in [0.3, 0.4) is 0 Å². The quantitative estimate of drug-likeness (QED) is 0.678. The van der Waals surface area contributed by atoms with Gasteiger partial charge in [-0.15, -0.1) is 0 Å². The first kappa shape index (κ1) is 8.74. The van der Waals surface area contributed by atoms with E-state index in [1.165, 1.54) is 12.1 Å². The number of nitrogen functional groups attached to an aromatic ring is 1. The van der Waals surface area contributed by atoms with Crippen LogP contribution in [0.4, 0.5) is 15.9 Å². The van der Waals surface area contributed by atoms with Crippen LogP contribution < -0.4 is 11.1 Å². The van der Waals surface area contributed by atoms with Crippen LogP contribution >= 0.6 is 0 Å². The number of aromatic nitrogens is 1. The van der Waals surface area contributed by atoms with Crippen LogP contribution in [-0.4, -0.2) is 12.0 Å². The van der Waals surface area contributed by atoms with Gasteiger partial charge in [-0.3, -0.25) is 0 Å². The lowest BCUT2D eigenvalue weighted by molar-refractivity contribution is 0.630. The summed E-state index contributed by atoms with van der Waals surface area (Å²) in [6.45, 7) is 0. The summed E-state index contributed by atoms with van der Waals surface area (Å²) in [5, 5.41) is 4.40. The monoisotopic (exact) mass is 191 g/mol. The molecule has 2 rings (SSSR count). The Morgan fingerprint density at radius 3 is 2.86 bits per heavy atom. The minimum absolute atomic E-state index is 0.348. The third-order valence-corrected chi connectivity index (χ3v) is 2.11. The highest BCUT2D eigenvalue weighted by Crippen LogP contribution is 2.26. The van der Waals surface area contributed by atoms with Crippen LogP contribution in [0.1, 0.15) is 0 Å². The molecule has 0 bridgehead atoms. The summed E-state index contributed by atoms with van der Waals surface area (Å²) in [6, 6.07) is 4.50. The molecule has 14 heavy (non-hydrogen) atoms. The lowest BCUT2D eigenvalue weighted by atomic mass is 10.1. The average molecular weight is 191 g/mol. The molecule has 0 atom stereocenters. The molecule has 0 fully saturated rings. The van der Waals surface area contributed by atoms with Gasteiger partial charge in [-0.05, 0) is 18.2 Å². The highest BCUT2D eigenvalue weighted by Gasteiger charge is 2.05. The molecule has 0 aliphatic heterocycles. The second-order valence-corrected chi connectivity index (χ2v) is 3.00. The largest absolute Gasteiger partial charge is 0.398 e. The van der Waals surface area contributed by atoms with Crippen LogP contribution in [-0.2, 0) is 0 Å². The normalized spacial score (nSPS) is 10.4. The molecule has 0 aliphatic carbocycles. The van der Waals surface area contributed by atoms with Gasteiger partial charge in [0.15, 0.2) is 0 Å². The number of rotatable bonds is 1. The highest BCUT2D eigenvalue weighted by atomic mass is 19.1. The van der Waals surface area contributed by atoms with Crippen molar-refractivity contribution in [2.24, 2.45) is 0 Å². The van der Waals surface area contributed by atoms with E-state index >= 15 is 0 Å². The Morgan fingerprint density at radius 1 is 1.36 bits per heavy atom. The SMILES string of the molecule is CNc1nccc2c(N)cc(F)cc12. The predicted octanol–water partition coefficient (Wildman–Crippen LogP) is 2.00. The number of nitrogens with zero attached hydrogens (tertiary/aromatic N) is 1. The Bertz CT molecular complexity index is 482. The molecule has 1 aromatic heterocycles. The van der Waals surface area contributed by atoms with Crippen LogP contribution in [0.15, 0.2) is 24.4 Å². The standard InChI is InChI=1S/C10H10FN3/c1-13-10-8-4-6(11)5-9(12)7(8)2-3-14-10/h2-5H,12H2,1H3,(H,13,14). The molecule has 1 heterocycles. The van der Waals surface area contributed by atoms with Gasteiger partial charge < -0.3 is 11.1 Å². The van der Waals surface area contributed by atoms with Crippen LogP contribution in [0, 0.1) is 5.82 Å². The van der Waals surface area contributed by atoms with E-state index < -0.39 is 0 Å². The Hall–Kier alpha value is -1.84. The second kappa shape index (κ2) is 3.14. The lowest BCUT2D eigenvalue weighted by Crippen LogP contribution is -1.96. The summed E-state index contributed by atoms with van der Waals surface area (Å²) in [4.78, 5) is 4.07. The Morgan fingerprint density at radius 2 is 2.14 bits per heavy atom. The summed E-state index contributed by atoms with van der Waals surface area (Å²) in [7, 11) is 1.74. The van der Waals surface area contributed by atoms with Crippen molar-refractivity contribution in [2.75, 3.05) is 18.1 Å². The molecular weight excluding hydrogens is 181 g/mol. The minimum Gasteiger partial charge on any atom is -0.398 e. The van der Waals surface area contributed by atoms with E-state index in [0.717, 1.165) is 5.39 Å². The molecular formula is C10H10FN3. The number of nitrogens with one attached hydrogen (secondary N) is 1. The number of anilines is 2. The maximum absolute atomic E-state index is 13.1. The van der Waals surface area contributed by atoms with E-state index in [9.17, 15) is 4.39 Å². The molecule has 0 saturated carbocycles. The summed E-state index contributed by atoms with van der Waals surface area (Å²) in [5.41, 5.74) is 6.11. The van der Waals surface area contributed by atoms with Gasteiger partial charge in [-0.25, -0.2) is 9.37 Å². The summed E-state index contributed by atoms with van der Waals surface area (Å²) in [5.74, 6) is 0.285. The minimum atomic E-state index is -0.348. The van der Waals surface area contributed by atoms with Gasteiger partial charge in [-0.2, -0.15) is 0 Å². The van der Waals surface area contributed by atoms with Gasteiger partial charge >= 0.3 is 0 Å². The maximum Gasteiger partial charge on any atom is 0.133 e. The fourth-order valence-electron chi connectivity index (χ4n) is 1.48. The van der Waals surface area contributed by atoms with Gasteiger partial charge in [0.05, 0.1) is 0 Å². The van der Waals surface area contributed by atoms with Crippen molar-refractivity contribution >= 4 is 22.3 Å². The second-order valence-electron chi connectivity index (χ2n) is 3.00. The van der Waals surface area contributed by atoms with Crippen LogP contribution in [0.25, 0.3) is 10.8 Å². The molecule has 72 valence electrons. The molecule has 0 spiro atoms. The van der Waals surface area contributed by atoms with E-state index in [4.69, 9.17) is 5.73 Å². The van der Waals surface area contributed by atoms with Crippen molar-refractivity contribution in [3.63, 3.8) is 0 Å². The van der Waals surface area contributed by atoms with Gasteiger partial charge in [0.25, 0.3) is 0 Å². The number of halogens is 1. The zero-order chi connectivity index (χ0) is 10.1. The summed E-state index contributed by atoms with van der Waals surface area (Å²) >= 11 is 0. The average Bonchev–Trinajstić information content (AvgIpc) is 2.17. The lowest BCUT2D eigenvalue weighted by Gasteiger charge is -2.06. The first-order chi connectivity index (χ1) is 6.72. The predicted molar refractivity (Wildman–Crippen MR) is 55.7 cm³/mol. The topological polar surface area (TPSA) is 50.9 Å². The third kappa shape index (κ3) is 1.25. The van der Waals surface area contributed by atoms with E-state index in [-0.39, 0.29) is 5.82 Å². The van der Waals surface area contributed by atoms with Crippen molar-refractivity contribution in [2.45, 2.75) is 0 Å². The van der Waals surface area contributed by atoms with E-state index in [1.807, 2.05) is 0 Å². The van der Waals surface area contributed by atoms with Crippen LogP contribution in [0.2, 0.25) is 0 Å². The first-order valence-electron chi connectivity index (χ1n) is 4.24. The zero-order valence-electron chi connectivity index (χ0n) is 7.71. The highest BCUT2D eigenvalue weighted by molar-refractivity contribution is 5.99. The first-order valence-corrected chi connectivity index (χ1v) is 4.24. The number of fused-ring (bicyclic) bond motifs is 1. The van der Waals surface area contributed by atoms with Crippen molar-refractivity contribution < 1.29 is 4.39 Å². The fourth-order valence-corrected chi connectivity index (χ4v) is 1.48.